The maximum absolute atomic E-state index is 5.24. The van der Waals surface area contributed by atoms with Gasteiger partial charge in [-0.2, -0.15) is 5.21 Å². The zero-order chi connectivity index (χ0) is 17.8. The number of tetrazole rings is 1. The van der Waals surface area contributed by atoms with Crippen molar-refractivity contribution < 1.29 is 4.74 Å². The molecule has 1 aliphatic rings. The molecule has 0 fully saturated rings. The van der Waals surface area contributed by atoms with Gasteiger partial charge in [0.05, 0.1) is 13.7 Å². The van der Waals surface area contributed by atoms with Crippen molar-refractivity contribution in [3.8, 4) is 29.0 Å². The minimum absolute atomic E-state index is 0.628. The summed E-state index contributed by atoms with van der Waals surface area (Å²) in [6.07, 6.45) is 1.03. The number of benzene rings is 2. The van der Waals surface area contributed by atoms with E-state index in [0.29, 0.717) is 5.82 Å². The van der Waals surface area contributed by atoms with E-state index in [9.17, 15) is 0 Å². The Hall–Kier alpha value is -3.17. The van der Waals surface area contributed by atoms with Gasteiger partial charge in [-0.05, 0) is 47.0 Å². The zero-order valence-electron chi connectivity index (χ0n) is 14.6. The molecule has 1 aromatic heterocycles. The standard InChI is InChI=1S/C20H19N5O/c1-26-19-6-2-4-15(12-19)5-3-10-25-11-9-16-7-8-17(13-18(16)14-25)20-21-23-24-22-20/h2,4,6-8,12-13H,9-11,14H2,1H3,(H,21,22,23,24). The molecule has 6 heteroatoms. The largest absolute Gasteiger partial charge is 0.497 e. The highest BCUT2D eigenvalue weighted by Crippen LogP contribution is 2.24. The Morgan fingerprint density at radius 1 is 1.19 bits per heavy atom. The number of hydrogen-bond donors (Lipinski definition) is 1. The number of rotatable bonds is 3. The normalized spacial score (nSPS) is 13.6. The lowest BCUT2D eigenvalue weighted by atomic mass is 9.97. The van der Waals surface area contributed by atoms with Gasteiger partial charge in [-0.1, -0.05) is 30.0 Å². The van der Waals surface area contributed by atoms with Crippen LogP contribution >= 0.6 is 0 Å². The van der Waals surface area contributed by atoms with Crippen LogP contribution in [0.2, 0.25) is 0 Å². The zero-order valence-corrected chi connectivity index (χ0v) is 14.6. The fourth-order valence-electron chi connectivity index (χ4n) is 3.13. The third kappa shape index (κ3) is 3.58. The summed E-state index contributed by atoms with van der Waals surface area (Å²) in [4.78, 5) is 2.36. The van der Waals surface area contributed by atoms with Crippen LogP contribution in [0.5, 0.6) is 5.75 Å². The smallest absolute Gasteiger partial charge is 0.204 e. The Balaban J connectivity index is 1.45. The number of methoxy groups -OCH3 is 1. The topological polar surface area (TPSA) is 66.9 Å². The average Bonchev–Trinajstić information content (AvgIpc) is 3.22. The summed E-state index contributed by atoms with van der Waals surface area (Å²) < 4.78 is 5.24. The highest BCUT2D eigenvalue weighted by atomic mass is 16.5. The third-order valence-corrected chi connectivity index (χ3v) is 4.51. The van der Waals surface area contributed by atoms with E-state index in [2.05, 4.69) is 55.6 Å². The van der Waals surface area contributed by atoms with E-state index < -0.39 is 0 Å². The summed E-state index contributed by atoms with van der Waals surface area (Å²) in [5, 5.41) is 14.3. The molecule has 2 aromatic carbocycles. The molecule has 1 N–H and O–H groups in total. The molecule has 0 bridgehead atoms. The van der Waals surface area contributed by atoms with Crippen LogP contribution in [0.25, 0.3) is 11.4 Å². The van der Waals surface area contributed by atoms with Gasteiger partial charge in [0.1, 0.15) is 5.75 Å². The van der Waals surface area contributed by atoms with Crippen LogP contribution in [-0.4, -0.2) is 45.7 Å². The van der Waals surface area contributed by atoms with E-state index in [-0.39, 0.29) is 0 Å². The number of ether oxygens (including phenoxy) is 1. The first-order valence-electron chi connectivity index (χ1n) is 8.53. The number of nitrogens with one attached hydrogen (secondary N) is 1. The highest BCUT2D eigenvalue weighted by molar-refractivity contribution is 5.56. The van der Waals surface area contributed by atoms with E-state index in [1.807, 2.05) is 24.3 Å². The maximum atomic E-state index is 5.24. The first-order chi connectivity index (χ1) is 12.8. The maximum Gasteiger partial charge on any atom is 0.204 e. The average molecular weight is 345 g/mol. The van der Waals surface area contributed by atoms with Gasteiger partial charge in [0.2, 0.25) is 5.82 Å². The molecule has 0 aliphatic carbocycles. The molecule has 6 nitrogen and oxygen atoms in total. The van der Waals surface area contributed by atoms with Crippen molar-refractivity contribution in [2.75, 3.05) is 20.2 Å². The molecule has 2 heterocycles. The Kier molecular flexibility index (Phi) is 4.63. The monoisotopic (exact) mass is 345 g/mol. The van der Waals surface area contributed by atoms with Crippen molar-refractivity contribution in [3.63, 3.8) is 0 Å². The second-order valence-corrected chi connectivity index (χ2v) is 6.21. The van der Waals surface area contributed by atoms with Gasteiger partial charge in [-0.15, -0.1) is 10.2 Å². The van der Waals surface area contributed by atoms with Crippen molar-refractivity contribution in [1.29, 1.82) is 0 Å². The minimum Gasteiger partial charge on any atom is -0.497 e. The number of nitrogens with zero attached hydrogens (tertiary/aromatic N) is 4. The van der Waals surface area contributed by atoms with E-state index in [1.165, 1.54) is 11.1 Å². The quantitative estimate of drug-likeness (QED) is 0.738. The van der Waals surface area contributed by atoms with E-state index >= 15 is 0 Å². The molecule has 0 spiro atoms. The van der Waals surface area contributed by atoms with E-state index in [0.717, 1.165) is 42.9 Å². The molecular formula is C20H19N5O. The van der Waals surface area contributed by atoms with E-state index in [1.54, 1.807) is 7.11 Å². The lowest BCUT2D eigenvalue weighted by molar-refractivity contribution is 0.286. The number of aromatic nitrogens is 4. The number of hydrogen-bond acceptors (Lipinski definition) is 5. The fourth-order valence-corrected chi connectivity index (χ4v) is 3.13. The van der Waals surface area contributed by atoms with E-state index in [4.69, 9.17) is 4.74 Å². The van der Waals surface area contributed by atoms with Crippen LogP contribution < -0.4 is 4.74 Å². The number of H-pyrrole nitrogens is 1. The molecule has 0 saturated heterocycles. The van der Waals surface area contributed by atoms with Crippen LogP contribution in [0.15, 0.2) is 42.5 Å². The molecular weight excluding hydrogens is 326 g/mol. The summed E-state index contributed by atoms with van der Waals surface area (Å²) in [6, 6.07) is 14.2. The van der Waals surface area contributed by atoms with Gasteiger partial charge in [-0.3, -0.25) is 4.90 Å². The van der Waals surface area contributed by atoms with Gasteiger partial charge in [-0.25, -0.2) is 0 Å². The van der Waals surface area contributed by atoms with Crippen LogP contribution in [-0.2, 0) is 13.0 Å². The summed E-state index contributed by atoms with van der Waals surface area (Å²) in [5.41, 5.74) is 4.65. The second-order valence-electron chi connectivity index (χ2n) is 6.21. The summed E-state index contributed by atoms with van der Waals surface area (Å²) >= 11 is 0. The Bertz CT molecular complexity index is 956. The molecule has 0 atom stereocenters. The van der Waals surface area contributed by atoms with Crippen LogP contribution in [0.4, 0.5) is 0 Å². The molecule has 4 rings (SSSR count). The van der Waals surface area contributed by atoms with Gasteiger partial charge in [0.25, 0.3) is 0 Å². The molecule has 3 aromatic rings. The number of fused-ring (bicyclic) bond motifs is 1. The fraction of sp³-hybridized carbons (Fsp3) is 0.250. The van der Waals surface area contributed by atoms with Crippen LogP contribution in [0.3, 0.4) is 0 Å². The predicted molar refractivity (Wildman–Crippen MR) is 98.5 cm³/mol. The summed E-state index contributed by atoms with van der Waals surface area (Å²) in [7, 11) is 1.67. The van der Waals surface area contributed by atoms with Crippen LogP contribution in [0, 0.1) is 11.8 Å². The molecule has 130 valence electrons. The SMILES string of the molecule is COc1cccc(C#CCN2CCc3ccc(-c4nn[nH]n4)cc3C2)c1. The lowest BCUT2D eigenvalue weighted by Gasteiger charge is -2.27. The molecule has 1 aliphatic heterocycles. The Morgan fingerprint density at radius 2 is 2.15 bits per heavy atom. The van der Waals surface area contributed by atoms with Crippen LogP contribution in [0.1, 0.15) is 16.7 Å². The van der Waals surface area contributed by atoms with Crippen molar-refractivity contribution in [2.24, 2.45) is 0 Å². The van der Waals surface area contributed by atoms with Crippen molar-refractivity contribution >= 4 is 0 Å². The Labute approximate surface area is 152 Å². The van der Waals surface area contributed by atoms with Gasteiger partial charge in [0.15, 0.2) is 0 Å². The number of aromatic amines is 1. The molecule has 0 unspecified atom stereocenters. The lowest BCUT2D eigenvalue weighted by Crippen LogP contribution is -2.30. The van der Waals surface area contributed by atoms with Crippen molar-refractivity contribution in [1.82, 2.24) is 25.5 Å². The van der Waals surface area contributed by atoms with Gasteiger partial charge < -0.3 is 4.74 Å². The Morgan fingerprint density at radius 3 is 3.00 bits per heavy atom. The predicted octanol–water partition coefficient (Wildman–Crippen LogP) is 2.29. The molecule has 0 amide bonds. The molecule has 0 radical (unpaired) electrons. The summed E-state index contributed by atoms with van der Waals surface area (Å²) in [5.74, 6) is 7.96. The highest BCUT2D eigenvalue weighted by Gasteiger charge is 2.16. The third-order valence-electron chi connectivity index (χ3n) is 4.51. The van der Waals surface area contributed by atoms with Crippen molar-refractivity contribution in [3.05, 3.63) is 59.2 Å². The molecule has 26 heavy (non-hydrogen) atoms. The first kappa shape index (κ1) is 16.3. The first-order valence-corrected chi connectivity index (χ1v) is 8.53. The van der Waals surface area contributed by atoms with Gasteiger partial charge >= 0.3 is 0 Å². The molecule has 0 saturated carbocycles. The van der Waals surface area contributed by atoms with Crippen molar-refractivity contribution in [2.45, 2.75) is 13.0 Å². The minimum atomic E-state index is 0.628. The van der Waals surface area contributed by atoms with Gasteiger partial charge in [0, 0.05) is 24.2 Å². The summed E-state index contributed by atoms with van der Waals surface area (Å²) in [6.45, 7) is 2.64. The second kappa shape index (κ2) is 7.38.